The molecule has 0 aliphatic heterocycles. The van der Waals surface area contributed by atoms with Crippen LogP contribution in [0.25, 0.3) is 0 Å². The van der Waals surface area contributed by atoms with Gasteiger partial charge in [-0.2, -0.15) is 0 Å². The van der Waals surface area contributed by atoms with E-state index in [0.717, 1.165) is 29.7 Å². The molecule has 2 aromatic carbocycles. The molecule has 124 valence electrons. The lowest BCUT2D eigenvalue weighted by Crippen LogP contribution is -2.23. The van der Waals surface area contributed by atoms with E-state index < -0.39 is 5.41 Å². The molecule has 1 aliphatic rings. The predicted octanol–water partition coefficient (Wildman–Crippen LogP) is 3.46. The lowest BCUT2D eigenvalue weighted by molar-refractivity contribution is -0.146. The van der Waals surface area contributed by atoms with E-state index >= 15 is 0 Å². The van der Waals surface area contributed by atoms with Crippen LogP contribution in [-0.4, -0.2) is 18.5 Å². The van der Waals surface area contributed by atoms with Crippen molar-refractivity contribution in [3.63, 3.8) is 0 Å². The van der Waals surface area contributed by atoms with Crippen molar-refractivity contribution in [1.82, 2.24) is 0 Å². The van der Waals surface area contributed by atoms with E-state index in [1.54, 1.807) is 0 Å². The fourth-order valence-corrected chi connectivity index (χ4v) is 2.86. The van der Waals surface area contributed by atoms with Crippen molar-refractivity contribution in [2.45, 2.75) is 31.6 Å². The molecule has 1 N–H and O–H groups in total. The van der Waals surface area contributed by atoms with E-state index in [-0.39, 0.29) is 11.9 Å². The van der Waals surface area contributed by atoms with Gasteiger partial charge in [0.15, 0.2) is 0 Å². The molecule has 0 heterocycles. The number of carbonyl (C=O) groups is 2. The molecule has 1 saturated carbocycles. The number of hydrogen-bond acceptors (Lipinski definition) is 3. The maximum atomic E-state index is 12.1. The Kier molecular flexibility index (Phi) is 4.65. The van der Waals surface area contributed by atoms with Crippen LogP contribution in [0.15, 0.2) is 54.6 Å². The Morgan fingerprint density at radius 2 is 1.71 bits per heavy atom. The number of ether oxygens (including phenoxy) is 1. The Morgan fingerprint density at radius 1 is 1.04 bits per heavy atom. The predicted molar refractivity (Wildman–Crippen MR) is 92.8 cm³/mol. The van der Waals surface area contributed by atoms with Gasteiger partial charge >= 0.3 is 5.97 Å². The van der Waals surface area contributed by atoms with Crippen LogP contribution in [0, 0.1) is 0 Å². The summed E-state index contributed by atoms with van der Waals surface area (Å²) in [5.74, 6) is -0.202. The Balaban J connectivity index is 1.63. The minimum absolute atomic E-state index is 0.0551. The number of nitrogens with one attached hydrogen (secondary N) is 1. The average molecular weight is 323 g/mol. The molecule has 24 heavy (non-hydrogen) atoms. The van der Waals surface area contributed by atoms with E-state index in [4.69, 9.17) is 4.74 Å². The molecule has 1 amide bonds. The van der Waals surface area contributed by atoms with E-state index in [2.05, 4.69) is 5.32 Å². The van der Waals surface area contributed by atoms with Gasteiger partial charge in [-0.25, -0.2) is 0 Å². The van der Waals surface area contributed by atoms with Crippen LogP contribution < -0.4 is 5.32 Å². The molecule has 2 aromatic rings. The largest absolute Gasteiger partial charge is 0.465 e. The second-order valence-electron chi connectivity index (χ2n) is 6.09. The maximum Gasteiger partial charge on any atom is 0.316 e. The third kappa shape index (κ3) is 3.48. The molecule has 0 atom stereocenters. The van der Waals surface area contributed by atoms with Crippen LogP contribution in [0.3, 0.4) is 0 Å². The molecule has 0 bridgehead atoms. The SMILES string of the molecule is CCOC(=O)C1(c2ccc(NC(=O)Cc3ccccc3)cc2)CC1. The highest BCUT2D eigenvalue weighted by Gasteiger charge is 2.52. The lowest BCUT2D eigenvalue weighted by atomic mass is 9.96. The van der Waals surface area contributed by atoms with Crippen molar-refractivity contribution in [1.29, 1.82) is 0 Å². The number of benzene rings is 2. The molecule has 4 heteroatoms. The number of amides is 1. The minimum Gasteiger partial charge on any atom is -0.465 e. The van der Waals surface area contributed by atoms with Gasteiger partial charge < -0.3 is 10.1 Å². The van der Waals surface area contributed by atoms with Crippen LogP contribution in [-0.2, 0) is 26.2 Å². The summed E-state index contributed by atoms with van der Waals surface area (Å²) < 4.78 is 5.18. The van der Waals surface area contributed by atoms with E-state index in [1.165, 1.54) is 0 Å². The second-order valence-corrected chi connectivity index (χ2v) is 6.09. The highest BCUT2D eigenvalue weighted by atomic mass is 16.5. The van der Waals surface area contributed by atoms with Crippen LogP contribution >= 0.6 is 0 Å². The van der Waals surface area contributed by atoms with Gasteiger partial charge in [0, 0.05) is 5.69 Å². The summed E-state index contributed by atoms with van der Waals surface area (Å²) in [6.07, 6.45) is 1.99. The standard InChI is InChI=1S/C20H21NO3/c1-2-24-19(23)20(12-13-20)16-8-10-17(11-9-16)21-18(22)14-15-6-4-3-5-7-15/h3-11H,2,12-14H2,1H3,(H,21,22). The number of hydrogen-bond donors (Lipinski definition) is 1. The normalized spacial score (nSPS) is 14.7. The lowest BCUT2D eigenvalue weighted by Gasteiger charge is -2.15. The molecular formula is C20H21NO3. The highest BCUT2D eigenvalue weighted by Crippen LogP contribution is 2.49. The minimum atomic E-state index is -0.470. The van der Waals surface area contributed by atoms with Gasteiger partial charge in [0.2, 0.25) is 5.91 Å². The van der Waals surface area contributed by atoms with Gasteiger partial charge in [-0.3, -0.25) is 9.59 Å². The van der Waals surface area contributed by atoms with Gasteiger partial charge in [-0.15, -0.1) is 0 Å². The van der Waals surface area contributed by atoms with Crippen molar-refractivity contribution < 1.29 is 14.3 Å². The van der Waals surface area contributed by atoms with Crippen LogP contribution in [0.1, 0.15) is 30.9 Å². The van der Waals surface area contributed by atoms with Gasteiger partial charge in [-0.1, -0.05) is 42.5 Å². The van der Waals surface area contributed by atoms with Crippen LogP contribution in [0.2, 0.25) is 0 Å². The number of esters is 1. The first-order chi connectivity index (χ1) is 11.6. The van der Waals surface area contributed by atoms with Crippen molar-refractivity contribution in [3.05, 3.63) is 65.7 Å². The van der Waals surface area contributed by atoms with Crippen molar-refractivity contribution in [2.24, 2.45) is 0 Å². The Hall–Kier alpha value is -2.62. The van der Waals surface area contributed by atoms with E-state index in [9.17, 15) is 9.59 Å². The van der Waals surface area contributed by atoms with Crippen molar-refractivity contribution >= 4 is 17.6 Å². The molecule has 3 rings (SSSR count). The van der Waals surface area contributed by atoms with Gasteiger partial charge in [0.05, 0.1) is 18.4 Å². The van der Waals surface area contributed by atoms with Crippen LogP contribution in [0.5, 0.6) is 0 Å². The number of anilines is 1. The number of carbonyl (C=O) groups excluding carboxylic acids is 2. The Labute approximate surface area is 141 Å². The number of rotatable bonds is 6. The Morgan fingerprint density at radius 3 is 2.29 bits per heavy atom. The zero-order chi connectivity index (χ0) is 17.0. The second kappa shape index (κ2) is 6.87. The maximum absolute atomic E-state index is 12.1. The molecule has 1 aliphatic carbocycles. The molecule has 0 aromatic heterocycles. The summed E-state index contributed by atoms with van der Waals surface area (Å²) in [4.78, 5) is 24.2. The summed E-state index contributed by atoms with van der Waals surface area (Å²) in [5.41, 5.74) is 2.20. The fourth-order valence-electron chi connectivity index (χ4n) is 2.86. The molecule has 4 nitrogen and oxygen atoms in total. The average Bonchev–Trinajstić information content (AvgIpc) is 3.38. The van der Waals surface area contributed by atoms with E-state index in [0.29, 0.717) is 13.0 Å². The molecular weight excluding hydrogens is 302 g/mol. The zero-order valence-corrected chi connectivity index (χ0v) is 13.7. The fraction of sp³-hybridized carbons (Fsp3) is 0.300. The quantitative estimate of drug-likeness (QED) is 0.828. The Bertz CT molecular complexity index is 718. The first kappa shape index (κ1) is 16.2. The zero-order valence-electron chi connectivity index (χ0n) is 13.7. The summed E-state index contributed by atoms with van der Waals surface area (Å²) >= 11 is 0. The van der Waals surface area contributed by atoms with Gasteiger partial charge in [0.25, 0.3) is 0 Å². The first-order valence-electron chi connectivity index (χ1n) is 8.25. The topological polar surface area (TPSA) is 55.4 Å². The summed E-state index contributed by atoms with van der Waals surface area (Å²) in [6.45, 7) is 2.22. The molecule has 0 spiro atoms. The van der Waals surface area contributed by atoms with Gasteiger partial charge in [0.1, 0.15) is 0 Å². The molecule has 0 radical (unpaired) electrons. The summed E-state index contributed by atoms with van der Waals surface area (Å²) in [7, 11) is 0. The van der Waals surface area contributed by atoms with Crippen molar-refractivity contribution in [3.8, 4) is 0 Å². The third-order valence-electron chi connectivity index (χ3n) is 4.34. The van der Waals surface area contributed by atoms with Gasteiger partial charge in [-0.05, 0) is 43.0 Å². The van der Waals surface area contributed by atoms with E-state index in [1.807, 2.05) is 61.5 Å². The smallest absolute Gasteiger partial charge is 0.316 e. The monoisotopic (exact) mass is 323 g/mol. The third-order valence-corrected chi connectivity index (χ3v) is 4.34. The first-order valence-corrected chi connectivity index (χ1v) is 8.25. The van der Waals surface area contributed by atoms with Crippen LogP contribution in [0.4, 0.5) is 5.69 Å². The summed E-state index contributed by atoms with van der Waals surface area (Å²) in [5, 5.41) is 2.89. The van der Waals surface area contributed by atoms with Crippen molar-refractivity contribution in [2.75, 3.05) is 11.9 Å². The molecule has 0 saturated heterocycles. The highest BCUT2D eigenvalue weighted by molar-refractivity contribution is 5.92. The molecule has 1 fully saturated rings. The molecule has 0 unspecified atom stereocenters. The summed E-state index contributed by atoms with van der Waals surface area (Å²) in [6, 6.07) is 17.1.